The number of likely N-dealkylation sites (N-methyl/N-ethyl adjacent to an activating group) is 1. The molecule has 1 aliphatic rings. The molecule has 1 fully saturated rings. The third-order valence-electron chi connectivity index (χ3n) is 5.94. The fraction of sp³-hybridized carbons (Fsp3) is 0.280. The van der Waals surface area contributed by atoms with Gasteiger partial charge in [-0.25, -0.2) is 0 Å². The van der Waals surface area contributed by atoms with E-state index in [9.17, 15) is 14.4 Å². The smallest absolute Gasteiger partial charge is 0.241 e. The molecular formula is C25H25N3O3S. The van der Waals surface area contributed by atoms with Crippen molar-refractivity contribution in [2.75, 3.05) is 13.6 Å². The second kappa shape index (κ2) is 9.44. The van der Waals surface area contributed by atoms with Crippen LogP contribution in [0.4, 0.5) is 0 Å². The maximum atomic E-state index is 13.6. The number of benzene rings is 1. The number of carbonyl (C=O) groups is 3. The van der Waals surface area contributed by atoms with Crippen molar-refractivity contribution < 1.29 is 14.4 Å². The van der Waals surface area contributed by atoms with Crippen LogP contribution in [0.1, 0.15) is 29.0 Å². The van der Waals surface area contributed by atoms with E-state index in [1.54, 1.807) is 18.1 Å². The van der Waals surface area contributed by atoms with Gasteiger partial charge in [-0.05, 0) is 29.1 Å². The van der Waals surface area contributed by atoms with Crippen molar-refractivity contribution in [3.8, 4) is 0 Å². The average Bonchev–Trinajstić information content (AvgIpc) is 3.42. The van der Waals surface area contributed by atoms with Crippen LogP contribution >= 0.6 is 11.3 Å². The Labute approximate surface area is 191 Å². The second-order valence-electron chi connectivity index (χ2n) is 8.05. The molecule has 1 aromatic carbocycles. The number of hydrogen-bond acceptors (Lipinski definition) is 5. The topological polar surface area (TPSA) is 70.6 Å². The lowest BCUT2D eigenvalue weighted by molar-refractivity contribution is -0.143. The van der Waals surface area contributed by atoms with Crippen LogP contribution in [-0.2, 0) is 32.8 Å². The van der Waals surface area contributed by atoms with Gasteiger partial charge in [-0.2, -0.15) is 0 Å². The number of amides is 3. The Morgan fingerprint density at radius 3 is 2.56 bits per heavy atom. The van der Waals surface area contributed by atoms with E-state index in [4.69, 9.17) is 0 Å². The highest BCUT2D eigenvalue weighted by molar-refractivity contribution is 7.09. The van der Waals surface area contributed by atoms with Crippen molar-refractivity contribution in [1.29, 1.82) is 0 Å². The first-order valence-corrected chi connectivity index (χ1v) is 11.4. The standard InChI is InChI=1S/C25H25N3O3S/c1-27(14-12-20-10-5-6-13-26-20)22(29)16-25(19-8-3-2-4-9-19)17-23(30)28(24(25)31)18-21-11-7-15-32-21/h2-11,13,15H,12,14,16-18H2,1H3. The minimum absolute atomic E-state index is 0.00103. The monoisotopic (exact) mass is 447 g/mol. The Bertz CT molecular complexity index is 1090. The molecule has 2 aromatic heterocycles. The zero-order valence-electron chi connectivity index (χ0n) is 17.9. The van der Waals surface area contributed by atoms with Gasteiger partial charge in [-0.15, -0.1) is 11.3 Å². The first-order chi connectivity index (χ1) is 15.5. The summed E-state index contributed by atoms with van der Waals surface area (Å²) in [5.41, 5.74) is 0.434. The van der Waals surface area contributed by atoms with Crippen molar-refractivity contribution in [3.05, 3.63) is 88.4 Å². The molecule has 164 valence electrons. The molecule has 3 heterocycles. The van der Waals surface area contributed by atoms with Gasteiger partial charge >= 0.3 is 0 Å². The summed E-state index contributed by atoms with van der Waals surface area (Å²) in [4.78, 5) is 47.9. The van der Waals surface area contributed by atoms with E-state index in [1.807, 2.05) is 66.0 Å². The molecule has 1 aliphatic heterocycles. The number of nitrogens with zero attached hydrogens (tertiary/aromatic N) is 3. The van der Waals surface area contributed by atoms with Crippen molar-refractivity contribution >= 4 is 29.1 Å². The van der Waals surface area contributed by atoms with E-state index in [-0.39, 0.29) is 37.1 Å². The van der Waals surface area contributed by atoms with Crippen LogP contribution < -0.4 is 0 Å². The fourth-order valence-electron chi connectivity index (χ4n) is 4.09. The summed E-state index contributed by atoms with van der Waals surface area (Å²) in [6.45, 7) is 0.732. The minimum atomic E-state index is -1.17. The molecule has 0 saturated carbocycles. The molecule has 1 saturated heterocycles. The highest BCUT2D eigenvalue weighted by Crippen LogP contribution is 2.41. The molecule has 4 rings (SSSR count). The fourth-order valence-corrected chi connectivity index (χ4v) is 4.78. The molecule has 0 bridgehead atoms. The first-order valence-electron chi connectivity index (χ1n) is 10.6. The Morgan fingerprint density at radius 2 is 1.88 bits per heavy atom. The van der Waals surface area contributed by atoms with E-state index < -0.39 is 5.41 Å². The molecule has 0 spiro atoms. The van der Waals surface area contributed by atoms with Gasteiger partial charge < -0.3 is 4.90 Å². The third kappa shape index (κ3) is 4.48. The summed E-state index contributed by atoms with van der Waals surface area (Å²) in [7, 11) is 1.73. The van der Waals surface area contributed by atoms with Crippen molar-refractivity contribution in [2.45, 2.75) is 31.2 Å². The number of carbonyl (C=O) groups excluding carboxylic acids is 3. The van der Waals surface area contributed by atoms with Crippen LogP contribution in [0.15, 0.2) is 72.2 Å². The SMILES string of the molecule is CN(CCc1ccccn1)C(=O)CC1(c2ccccc2)CC(=O)N(Cc2cccs2)C1=O. The van der Waals surface area contributed by atoms with Gasteiger partial charge in [0, 0.05) is 49.6 Å². The van der Waals surface area contributed by atoms with Gasteiger partial charge in [0.15, 0.2) is 0 Å². The minimum Gasteiger partial charge on any atom is -0.345 e. The number of imide groups is 1. The summed E-state index contributed by atoms with van der Waals surface area (Å²) < 4.78 is 0. The number of likely N-dealkylation sites (tertiary alicyclic amines) is 1. The van der Waals surface area contributed by atoms with Gasteiger partial charge in [0.05, 0.1) is 12.0 Å². The lowest BCUT2D eigenvalue weighted by atomic mass is 9.75. The van der Waals surface area contributed by atoms with Crippen LogP contribution in [0.25, 0.3) is 0 Å². The van der Waals surface area contributed by atoms with Crippen LogP contribution in [0, 0.1) is 0 Å². The van der Waals surface area contributed by atoms with Gasteiger partial charge in [0.25, 0.3) is 0 Å². The molecule has 0 N–H and O–H groups in total. The molecule has 6 nitrogen and oxygen atoms in total. The summed E-state index contributed by atoms with van der Waals surface area (Å²) in [5, 5.41) is 1.92. The van der Waals surface area contributed by atoms with Gasteiger partial charge in [0.2, 0.25) is 17.7 Å². The van der Waals surface area contributed by atoms with Crippen LogP contribution in [-0.4, -0.2) is 46.1 Å². The van der Waals surface area contributed by atoms with Crippen molar-refractivity contribution in [3.63, 3.8) is 0 Å². The van der Waals surface area contributed by atoms with Gasteiger partial charge in [-0.1, -0.05) is 42.5 Å². The zero-order valence-corrected chi connectivity index (χ0v) is 18.8. The van der Waals surface area contributed by atoms with E-state index in [0.29, 0.717) is 18.5 Å². The molecule has 1 atom stereocenters. The van der Waals surface area contributed by atoms with Crippen molar-refractivity contribution in [2.24, 2.45) is 0 Å². The van der Waals surface area contributed by atoms with E-state index in [0.717, 1.165) is 10.6 Å². The number of rotatable bonds is 8. The molecule has 7 heteroatoms. The molecule has 3 aromatic rings. The maximum absolute atomic E-state index is 13.6. The lowest BCUT2D eigenvalue weighted by Gasteiger charge is -2.29. The summed E-state index contributed by atoms with van der Waals surface area (Å²) in [5.74, 6) is -0.700. The summed E-state index contributed by atoms with van der Waals surface area (Å²) in [6.07, 6.45) is 2.31. The number of pyridine rings is 1. The van der Waals surface area contributed by atoms with E-state index >= 15 is 0 Å². The average molecular weight is 448 g/mol. The Kier molecular flexibility index (Phi) is 6.46. The Balaban J connectivity index is 1.55. The van der Waals surface area contributed by atoms with Gasteiger partial charge in [-0.3, -0.25) is 24.3 Å². The Hall–Kier alpha value is -3.32. The van der Waals surface area contributed by atoms with Gasteiger partial charge in [0.1, 0.15) is 0 Å². The van der Waals surface area contributed by atoms with Crippen molar-refractivity contribution in [1.82, 2.24) is 14.8 Å². The summed E-state index contributed by atoms with van der Waals surface area (Å²) in [6, 6.07) is 18.7. The molecule has 3 amide bonds. The number of thiophene rings is 1. The number of hydrogen-bond donors (Lipinski definition) is 0. The largest absolute Gasteiger partial charge is 0.345 e. The van der Waals surface area contributed by atoms with E-state index in [1.165, 1.54) is 16.2 Å². The molecule has 0 radical (unpaired) electrons. The lowest BCUT2D eigenvalue weighted by Crippen LogP contribution is -2.42. The predicted octanol–water partition coefficient (Wildman–Crippen LogP) is 3.43. The number of aromatic nitrogens is 1. The highest BCUT2D eigenvalue weighted by Gasteiger charge is 2.53. The van der Waals surface area contributed by atoms with Crippen LogP contribution in [0.5, 0.6) is 0 Å². The predicted molar refractivity (Wildman–Crippen MR) is 123 cm³/mol. The second-order valence-corrected chi connectivity index (χ2v) is 9.08. The van der Waals surface area contributed by atoms with Crippen LogP contribution in [0.2, 0.25) is 0 Å². The molecular weight excluding hydrogens is 422 g/mol. The molecule has 32 heavy (non-hydrogen) atoms. The van der Waals surface area contributed by atoms with Crippen LogP contribution in [0.3, 0.4) is 0 Å². The zero-order chi connectivity index (χ0) is 22.6. The molecule has 0 aliphatic carbocycles. The quantitative estimate of drug-likeness (QED) is 0.496. The third-order valence-corrected chi connectivity index (χ3v) is 6.80. The highest BCUT2D eigenvalue weighted by atomic mass is 32.1. The maximum Gasteiger partial charge on any atom is 0.241 e. The first kappa shape index (κ1) is 21.9. The normalized spacial score (nSPS) is 18.2. The Morgan fingerprint density at radius 1 is 1.09 bits per heavy atom. The summed E-state index contributed by atoms with van der Waals surface area (Å²) >= 11 is 1.51. The van der Waals surface area contributed by atoms with E-state index in [2.05, 4.69) is 4.98 Å². The molecule has 1 unspecified atom stereocenters.